The Balaban J connectivity index is 1.64. The summed E-state index contributed by atoms with van der Waals surface area (Å²) in [5.41, 5.74) is 1.42. The van der Waals surface area contributed by atoms with Crippen molar-refractivity contribution in [3.05, 3.63) is 54.4 Å². The summed E-state index contributed by atoms with van der Waals surface area (Å²) < 4.78 is 27.3. The first-order valence-corrected chi connectivity index (χ1v) is 10.8. The summed E-state index contributed by atoms with van der Waals surface area (Å²) in [4.78, 5) is 27.8. The van der Waals surface area contributed by atoms with E-state index in [1.165, 1.54) is 23.4 Å². The fourth-order valence-corrected chi connectivity index (χ4v) is 4.80. The molecule has 0 radical (unpaired) electrons. The second-order valence-electron chi connectivity index (χ2n) is 6.99. The van der Waals surface area contributed by atoms with Crippen molar-refractivity contribution in [1.29, 1.82) is 0 Å². The van der Waals surface area contributed by atoms with Gasteiger partial charge in [-0.2, -0.15) is 4.31 Å². The molecular formula is C20H24N4O4S. The fraction of sp³-hybridized carbons (Fsp3) is 0.350. The van der Waals surface area contributed by atoms with E-state index < -0.39 is 15.9 Å². The quantitative estimate of drug-likeness (QED) is 0.746. The second kappa shape index (κ2) is 9.15. The highest BCUT2D eigenvalue weighted by molar-refractivity contribution is 7.89. The minimum Gasteiger partial charge on any atom is -0.352 e. The van der Waals surface area contributed by atoms with Crippen molar-refractivity contribution in [3.8, 4) is 0 Å². The number of anilines is 1. The minimum atomic E-state index is -3.71. The summed E-state index contributed by atoms with van der Waals surface area (Å²) in [6.07, 6.45) is 4.61. The van der Waals surface area contributed by atoms with E-state index in [2.05, 4.69) is 15.6 Å². The van der Waals surface area contributed by atoms with Crippen LogP contribution in [0.3, 0.4) is 0 Å². The van der Waals surface area contributed by atoms with Crippen LogP contribution >= 0.6 is 0 Å². The number of benzene rings is 1. The van der Waals surface area contributed by atoms with E-state index in [1.54, 1.807) is 30.6 Å². The summed E-state index contributed by atoms with van der Waals surface area (Å²) in [5.74, 6) is -0.777. The molecule has 154 valence electrons. The average Bonchev–Trinajstić information content (AvgIpc) is 2.73. The zero-order chi connectivity index (χ0) is 20.9. The van der Waals surface area contributed by atoms with E-state index in [1.807, 2.05) is 6.07 Å². The van der Waals surface area contributed by atoms with Gasteiger partial charge in [-0.3, -0.25) is 14.6 Å². The Morgan fingerprint density at radius 3 is 2.62 bits per heavy atom. The van der Waals surface area contributed by atoms with Gasteiger partial charge in [0.05, 0.1) is 10.8 Å². The molecule has 0 spiro atoms. The van der Waals surface area contributed by atoms with Crippen molar-refractivity contribution in [2.24, 2.45) is 5.92 Å². The normalized spacial score (nSPS) is 17.5. The molecule has 0 bridgehead atoms. The third-order valence-electron chi connectivity index (χ3n) is 4.76. The molecule has 1 saturated heterocycles. The third-order valence-corrected chi connectivity index (χ3v) is 6.64. The van der Waals surface area contributed by atoms with Crippen LogP contribution in [0.2, 0.25) is 0 Å². The van der Waals surface area contributed by atoms with Crippen molar-refractivity contribution in [3.63, 3.8) is 0 Å². The van der Waals surface area contributed by atoms with Gasteiger partial charge in [-0.05, 0) is 48.7 Å². The monoisotopic (exact) mass is 416 g/mol. The van der Waals surface area contributed by atoms with E-state index >= 15 is 0 Å². The van der Waals surface area contributed by atoms with E-state index in [0.29, 0.717) is 31.6 Å². The number of hydrogen-bond donors (Lipinski definition) is 2. The average molecular weight is 417 g/mol. The predicted octanol–water partition coefficient (Wildman–Crippen LogP) is 1.76. The minimum absolute atomic E-state index is 0.142. The number of nitrogens with zero attached hydrogens (tertiary/aromatic N) is 2. The van der Waals surface area contributed by atoms with Gasteiger partial charge in [-0.25, -0.2) is 8.42 Å². The molecule has 1 aromatic carbocycles. The molecule has 1 atom stereocenters. The smallest absolute Gasteiger partial charge is 0.243 e. The molecule has 0 saturated carbocycles. The van der Waals surface area contributed by atoms with Gasteiger partial charge in [0.15, 0.2) is 0 Å². The second-order valence-corrected chi connectivity index (χ2v) is 8.92. The standard InChI is InChI=1S/C20H24N4O4S/c1-15(25)23-18-6-8-19(9-7-18)29(27,28)24-11-3-5-17(14-24)20(26)22-13-16-4-2-10-21-12-16/h2,4,6-10,12,17H,3,5,11,13-14H2,1H3,(H,22,26)(H,23,25). The Bertz CT molecular complexity index is 962. The van der Waals surface area contributed by atoms with Crippen molar-refractivity contribution in [1.82, 2.24) is 14.6 Å². The first kappa shape index (κ1) is 20.9. The number of piperidine rings is 1. The number of nitrogens with one attached hydrogen (secondary N) is 2. The fourth-order valence-electron chi connectivity index (χ4n) is 3.27. The van der Waals surface area contributed by atoms with Crippen LogP contribution in [-0.4, -0.2) is 42.6 Å². The third kappa shape index (κ3) is 5.39. The lowest BCUT2D eigenvalue weighted by atomic mass is 9.99. The van der Waals surface area contributed by atoms with Crippen molar-refractivity contribution in [2.75, 3.05) is 18.4 Å². The van der Waals surface area contributed by atoms with Crippen LogP contribution in [0.25, 0.3) is 0 Å². The van der Waals surface area contributed by atoms with Crippen LogP contribution in [0, 0.1) is 5.92 Å². The number of aromatic nitrogens is 1. The molecule has 3 rings (SSSR count). The van der Waals surface area contributed by atoms with E-state index in [0.717, 1.165) is 5.56 Å². The zero-order valence-corrected chi connectivity index (χ0v) is 17.0. The summed E-state index contributed by atoms with van der Waals surface area (Å²) in [6, 6.07) is 9.70. The maximum atomic E-state index is 13.0. The molecule has 1 aliphatic rings. The van der Waals surface area contributed by atoms with Crippen molar-refractivity contribution >= 4 is 27.5 Å². The molecule has 2 N–H and O–H groups in total. The number of carbonyl (C=O) groups is 2. The van der Waals surface area contributed by atoms with Gasteiger partial charge in [0, 0.05) is 44.6 Å². The van der Waals surface area contributed by atoms with E-state index in [4.69, 9.17) is 0 Å². The molecule has 1 aromatic heterocycles. The maximum absolute atomic E-state index is 13.0. The Morgan fingerprint density at radius 1 is 1.21 bits per heavy atom. The lowest BCUT2D eigenvalue weighted by Gasteiger charge is -2.31. The van der Waals surface area contributed by atoms with E-state index in [9.17, 15) is 18.0 Å². The largest absolute Gasteiger partial charge is 0.352 e. The summed E-state index contributed by atoms with van der Waals surface area (Å²) >= 11 is 0. The van der Waals surface area contributed by atoms with Crippen LogP contribution in [0.5, 0.6) is 0 Å². The van der Waals surface area contributed by atoms with Gasteiger partial charge in [0.25, 0.3) is 0 Å². The molecule has 8 nitrogen and oxygen atoms in total. The van der Waals surface area contributed by atoms with Crippen LogP contribution < -0.4 is 10.6 Å². The zero-order valence-electron chi connectivity index (χ0n) is 16.2. The molecule has 2 aromatic rings. The lowest BCUT2D eigenvalue weighted by Crippen LogP contribution is -2.45. The van der Waals surface area contributed by atoms with Gasteiger partial charge >= 0.3 is 0 Å². The SMILES string of the molecule is CC(=O)Nc1ccc(S(=O)(=O)N2CCCC(C(=O)NCc3cccnc3)C2)cc1. The van der Waals surface area contributed by atoms with Crippen LogP contribution in [0.15, 0.2) is 53.7 Å². The Hall–Kier alpha value is -2.78. The lowest BCUT2D eigenvalue weighted by molar-refractivity contribution is -0.126. The van der Waals surface area contributed by atoms with Gasteiger partial charge in [-0.15, -0.1) is 0 Å². The molecule has 1 fully saturated rings. The van der Waals surface area contributed by atoms with Crippen LogP contribution in [0.4, 0.5) is 5.69 Å². The maximum Gasteiger partial charge on any atom is 0.243 e. The molecule has 1 unspecified atom stereocenters. The van der Waals surface area contributed by atoms with Gasteiger partial charge in [-0.1, -0.05) is 6.07 Å². The van der Waals surface area contributed by atoms with Crippen LogP contribution in [0.1, 0.15) is 25.3 Å². The number of carbonyl (C=O) groups excluding carboxylic acids is 2. The number of rotatable bonds is 6. The van der Waals surface area contributed by atoms with Crippen molar-refractivity contribution in [2.45, 2.75) is 31.2 Å². The highest BCUT2D eigenvalue weighted by Crippen LogP contribution is 2.25. The molecule has 1 aliphatic heterocycles. The Kier molecular flexibility index (Phi) is 6.60. The van der Waals surface area contributed by atoms with Gasteiger partial charge in [0.2, 0.25) is 21.8 Å². The molecule has 29 heavy (non-hydrogen) atoms. The molecule has 2 amide bonds. The number of amides is 2. The topological polar surface area (TPSA) is 108 Å². The highest BCUT2D eigenvalue weighted by Gasteiger charge is 2.33. The van der Waals surface area contributed by atoms with Crippen LogP contribution in [-0.2, 0) is 26.2 Å². The number of sulfonamides is 1. The van der Waals surface area contributed by atoms with Gasteiger partial charge < -0.3 is 10.6 Å². The Morgan fingerprint density at radius 2 is 1.97 bits per heavy atom. The summed E-state index contributed by atoms with van der Waals surface area (Å²) in [7, 11) is -3.71. The molecular weight excluding hydrogens is 392 g/mol. The summed E-state index contributed by atoms with van der Waals surface area (Å²) in [5, 5.41) is 5.47. The summed E-state index contributed by atoms with van der Waals surface area (Å²) in [6.45, 7) is 2.27. The first-order chi connectivity index (χ1) is 13.9. The predicted molar refractivity (Wildman–Crippen MR) is 108 cm³/mol. The molecule has 2 heterocycles. The number of pyridine rings is 1. The molecule has 0 aliphatic carbocycles. The van der Waals surface area contributed by atoms with Crippen molar-refractivity contribution < 1.29 is 18.0 Å². The van der Waals surface area contributed by atoms with Gasteiger partial charge in [0.1, 0.15) is 0 Å². The highest BCUT2D eigenvalue weighted by atomic mass is 32.2. The van der Waals surface area contributed by atoms with E-state index in [-0.39, 0.29) is 23.3 Å². The number of hydrogen-bond acceptors (Lipinski definition) is 5. The molecule has 9 heteroatoms. The first-order valence-electron chi connectivity index (χ1n) is 9.40. The Labute approximate surface area is 170 Å².